The van der Waals surface area contributed by atoms with Crippen LogP contribution < -0.4 is 0 Å². The smallest absolute Gasteiger partial charge is 0.123 e. The Hall–Kier alpha value is -6.59. The van der Waals surface area contributed by atoms with Gasteiger partial charge >= 0.3 is 0 Å². The highest BCUT2D eigenvalue weighted by atomic mass is 19.1. The van der Waals surface area contributed by atoms with Gasteiger partial charge in [0, 0.05) is 22.5 Å². The standard InChI is InChI=1S/C47H27F4N/c48-34-17-9-29(10-18-34)41-40-27-33-6-2-3-7-38(33)46(47-39-8-4-1-5-28(39)25-26-52-47)45(40)44(32-15-23-37(51)24-16-32)43(31-13-21-36(50)22-14-31)42(41)30-11-19-35(49)20-12-30/h1-27H. The van der Waals surface area contributed by atoms with Gasteiger partial charge in [0.25, 0.3) is 0 Å². The van der Waals surface area contributed by atoms with E-state index in [0.29, 0.717) is 11.1 Å². The summed E-state index contributed by atoms with van der Waals surface area (Å²) < 4.78 is 58.5. The maximum Gasteiger partial charge on any atom is 0.123 e. The lowest BCUT2D eigenvalue weighted by molar-refractivity contribution is 0.627. The van der Waals surface area contributed by atoms with Gasteiger partial charge in [-0.2, -0.15) is 0 Å². The number of hydrogen-bond donors (Lipinski definition) is 0. The fourth-order valence-corrected chi connectivity index (χ4v) is 7.51. The zero-order valence-corrected chi connectivity index (χ0v) is 27.5. The molecule has 0 aliphatic heterocycles. The van der Waals surface area contributed by atoms with Gasteiger partial charge in [-0.05, 0) is 127 Å². The van der Waals surface area contributed by atoms with Crippen molar-refractivity contribution in [1.82, 2.24) is 4.98 Å². The molecule has 0 bridgehead atoms. The number of rotatable bonds is 5. The van der Waals surface area contributed by atoms with Crippen molar-refractivity contribution in [2.45, 2.75) is 0 Å². The van der Waals surface area contributed by atoms with Crippen LogP contribution in [-0.4, -0.2) is 4.98 Å². The van der Waals surface area contributed by atoms with Gasteiger partial charge in [0.2, 0.25) is 0 Å². The molecule has 5 heteroatoms. The third-order valence-corrected chi connectivity index (χ3v) is 9.76. The molecule has 1 heterocycles. The van der Waals surface area contributed by atoms with Gasteiger partial charge in [-0.1, -0.05) is 97.1 Å². The fourth-order valence-electron chi connectivity index (χ4n) is 7.51. The van der Waals surface area contributed by atoms with Crippen LogP contribution >= 0.6 is 0 Å². The molecule has 1 nitrogen and oxygen atoms in total. The number of hydrogen-bond acceptors (Lipinski definition) is 1. The van der Waals surface area contributed by atoms with E-state index in [1.54, 1.807) is 54.7 Å². The minimum Gasteiger partial charge on any atom is -0.256 e. The zero-order chi connectivity index (χ0) is 35.3. The summed E-state index contributed by atoms with van der Waals surface area (Å²) in [6, 6.07) is 45.5. The molecule has 9 aromatic rings. The first kappa shape index (κ1) is 31.4. The predicted octanol–water partition coefficient (Wildman–Crippen LogP) is 13.4. The van der Waals surface area contributed by atoms with E-state index >= 15 is 0 Å². The molecule has 8 aromatic carbocycles. The number of nitrogens with zero attached hydrogens (tertiary/aromatic N) is 1. The molecule has 0 saturated heterocycles. The van der Waals surface area contributed by atoms with Crippen molar-refractivity contribution in [3.05, 3.63) is 187 Å². The van der Waals surface area contributed by atoms with Crippen molar-refractivity contribution in [2.75, 3.05) is 0 Å². The molecule has 1 aromatic heterocycles. The number of aromatic nitrogens is 1. The first-order valence-electron chi connectivity index (χ1n) is 16.9. The summed E-state index contributed by atoms with van der Waals surface area (Å²) in [4.78, 5) is 5.04. The van der Waals surface area contributed by atoms with Crippen LogP contribution in [0.4, 0.5) is 17.6 Å². The van der Waals surface area contributed by atoms with Gasteiger partial charge < -0.3 is 0 Å². The SMILES string of the molecule is Fc1ccc(-c2c(-c3ccc(F)cc3)c(-c3ccc(F)cc3)c3c(-c4nccc5ccccc45)c4ccccc4cc3c2-c2ccc(F)cc2)cc1. The van der Waals surface area contributed by atoms with Crippen LogP contribution in [0.25, 0.3) is 88.1 Å². The van der Waals surface area contributed by atoms with Gasteiger partial charge in [-0.15, -0.1) is 0 Å². The summed E-state index contributed by atoms with van der Waals surface area (Å²) in [5, 5.41) is 5.53. The van der Waals surface area contributed by atoms with E-state index in [9.17, 15) is 17.6 Å². The van der Waals surface area contributed by atoms with Crippen molar-refractivity contribution in [2.24, 2.45) is 0 Å². The Bertz CT molecular complexity index is 2780. The second kappa shape index (κ2) is 12.6. The Kier molecular flexibility index (Phi) is 7.62. The molecule has 0 N–H and O–H groups in total. The first-order valence-corrected chi connectivity index (χ1v) is 16.9. The van der Waals surface area contributed by atoms with E-state index in [1.807, 2.05) is 30.3 Å². The van der Waals surface area contributed by atoms with Crippen molar-refractivity contribution < 1.29 is 17.6 Å². The van der Waals surface area contributed by atoms with Crippen LogP contribution in [0.1, 0.15) is 0 Å². The van der Waals surface area contributed by atoms with Gasteiger partial charge in [0.1, 0.15) is 23.3 Å². The second-order valence-corrected chi connectivity index (χ2v) is 12.8. The van der Waals surface area contributed by atoms with Crippen LogP contribution in [0.2, 0.25) is 0 Å². The summed E-state index contributed by atoms with van der Waals surface area (Å²) >= 11 is 0. The molecule has 9 rings (SSSR count). The molecule has 0 unspecified atom stereocenters. The molecule has 0 radical (unpaired) electrons. The number of pyridine rings is 1. The van der Waals surface area contributed by atoms with Gasteiger partial charge in [-0.25, -0.2) is 17.6 Å². The average Bonchev–Trinajstić information content (AvgIpc) is 3.17. The Balaban J connectivity index is 1.63. The minimum absolute atomic E-state index is 0.385. The zero-order valence-electron chi connectivity index (χ0n) is 27.5. The topological polar surface area (TPSA) is 12.9 Å². The summed E-state index contributed by atoms with van der Waals surface area (Å²) in [5.74, 6) is -1.57. The largest absolute Gasteiger partial charge is 0.256 e. The van der Waals surface area contributed by atoms with E-state index in [0.717, 1.165) is 77.0 Å². The molecule has 0 aliphatic rings. The van der Waals surface area contributed by atoms with Crippen LogP contribution in [-0.2, 0) is 0 Å². The summed E-state index contributed by atoms with van der Waals surface area (Å²) in [6.45, 7) is 0. The Labute approximate surface area is 297 Å². The molecular formula is C47H27F4N. The molecule has 0 spiro atoms. The average molecular weight is 682 g/mol. The third-order valence-electron chi connectivity index (χ3n) is 9.76. The lowest BCUT2D eigenvalue weighted by atomic mass is 9.76. The third kappa shape index (κ3) is 5.30. The number of halogens is 4. The van der Waals surface area contributed by atoms with Gasteiger partial charge in [-0.3, -0.25) is 4.98 Å². The first-order chi connectivity index (χ1) is 25.4. The van der Waals surface area contributed by atoms with Crippen molar-refractivity contribution >= 4 is 32.3 Å². The Morgan fingerprint density at radius 2 is 0.750 bits per heavy atom. The maximum atomic E-state index is 14.7. The molecule has 0 saturated carbocycles. The molecule has 0 aliphatic carbocycles. The van der Waals surface area contributed by atoms with Gasteiger partial charge in [0.05, 0.1) is 5.69 Å². The van der Waals surface area contributed by atoms with E-state index in [2.05, 4.69) is 30.3 Å². The summed E-state index contributed by atoms with van der Waals surface area (Å²) in [7, 11) is 0. The quantitative estimate of drug-likeness (QED) is 0.130. The molecular weight excluding hydrogens is 655 g/mol. The lowest BCUT2D eigenvalue weighted by Gasteiger charge is -2.26. The van der Waals surface area contributed by atoms with Crippen molar-refractivity contribution in [1.29, 1.82) is 0 Å². The molecule has 248 valence electrons. The van der Waals surface area contributed by atoms with Crippen molar-refractivity contribution in [3.8, 4) is 55.8 Å². The highest BCUT2D eigenvalue weighted by molar-refractivity contribution is 6.27. The monoisotopic (exact) mass is 681 g/mol. The van der Waals surface area contributed by atoms with Crippen LogP contribution in [0.15, 0.2) is 164 Å². The normalized spacial score (nSPS) is 11.5. The molecule has 0 atom stereocenters. The summed E-state index contributed by atoms with van der Waals surface area (Å²) in [5.41, 5.74) is 7.46. The van der Waals surface area contributed by atoms with Crippen molar-refractivity contribution in [3.63, 3.8) is 0 Å². The van der Waals surface area contributed by atoms with Crippen LogP contribution in [0, 0.1) is 23.3 Å². The maximum absolute atomic E-state index is 14.7. The van der Waals surface area contributed by atoms with Crippen LogP contribution in [0.5, 0.6) is 0 Å². The van der Waals surface area contributed by atoms with Gasteiger partial charge in [0.15, 0.2) is 0 Å². The molecule has 0 fully saturated rings. The van der Waals surface area contributed by atoms with E-state index in [4.69, 9.17) is 4.98 Å². The lowest BCUT2D eigenvalue weighted by Crippen LogP contribution is -2.00. The Morgan fingerprint density at radius 3 is 1.29 bits per heavy atom. The van der Waals surface area contributed by atoms with Crippen LogP contribution in [0.3, 0.4) is 0 Å². The molecule has 0 amide bonds. The summed E-state index contributed by atoms with van der Waals surface area (Å²) in [6.07, 6.45) is 1.80. The van der Waals surface area contributed by atoms with E-state index < -0.39 is 11.6 Å². The van der Waals surface area contributed by atoms with E-state index in [-0.39, 0.29) is 11.6 Å². The Morgan fingerprint density at radius 1 is 0.327 bits per heavy atom. The highest BCUT2D eigenvalue weighted by Crippen LogP contribution is 2.54. The predicted molar refractivity (Wildman–Crippen MR) is 204 cm³/mol. The second-order valence-electron chi connectivity index (χ2n) is 12.8. The molecule has 52 heavy (non-hydrogen) atoms. The highest BCUT2D eigenvalue weighted by Gasteiger charge is 2.28. The number of fused-ring (bicyclic) bond motifs is 3. The van der Waals surface area contributed by atoms with E-state index in [1.165, 1.54) is 48.5 Å². The minimum atomic E-state index is -0.401. The fraction of sp³-hybridized carbons (Fsp3) is 0. The number of benzene rings is 8.